The van der Waals surface area contributed by atoms with E-state index in [-0.39, 0.29) is 36.6 Å². The summed E-state index contributed by atoms with van der Waals surface area (Å²) in [6.45, 7) is 6.96. The molecular formula is C38H56N6O9. The van der Waals surface area contributed by atoms with Crippen molar-refractivity contribution >= 4 is 41.4 Å². The maximum Gasteiger partial charge on any atom is 0.408 e. The number of rotatable bonds is 16. The summed E-state index contributed by atoms with van der Waals surface area (Å²) >= 11 is 0. The van der Waals surface area contributed by atoms with Crippen LogP contribution < -0.4 is 21.3 Å². The van der Waals surface area contributed by atoms with Crippen LogP contribution in [0.5, 0.6) is 0 Å². The highest BCUT2D eigenvalue weighted by atomic mass is 16.6. The van der Waals surface area contributed by atoms with Crippen molar-refractivity contribution in [3.05, 3.63) is 35.9 Å². The molecule has 2 aliphatic carbocycles. The predicted octanol–water partition coefficient (Wildman–Crippen LogP) is 1.58. The Morgan fingerprint density at radius 2 is 1.62 bits per heavy atom. The summed E-state index contributed by atoms with van der Waals surface area (Å²) in [5.74, 6) is -4.44. The second kappa shape index (κ2) is 18.0. The average Bonchev–Trinajstić information content (AvgIpc) is 3.79. The first-order valence-electron chi connectivity index (χ1n) is 18.8. The average molecular weight is 741 g/mol. The summed E-state index contributed by atoms with van der Waals surface area (Å²) in [5.41, 5.74) is -0.990. The fourth-order valence-corrected chi connectivity index (χ4v) is 7.15. The van der Waals surface area contributed by atoms with Crippen LogP contribution in [-0.2, 0) is 33.5 Å². The van der Waals surface area contributed by atoms with E-state index in [1.54, 1.807) is 58.3 Å². The van der Waals surface area contributed by atoms with Crippen molar-refractivity contribution in [2.75, 3.05) is 27.2 Å². The molecule has 7 atom stereocenters. The minimum atomic E-state index is -1.53. The maximum absolute atomic E-state index is 14.3. The van der Waals surface area contributed by atoms with Gasteiger partial charge < -0.3 is 40.9 Å². The van der Waals surface area contributed by atoms with E-state index in [0.717, 1.165) is 6.42 Å². The van der Waals surface area contributed by atoms with Gasteiger partial charge in [-0.2, -0.15) is 0 Å². The van der Waals surface area contributed by atoms with Gasteiger partial charge in [0.25, 0.3) is 5.91 Å². The molecule has 0 radical (unpaired) electrons. The monoisotopic (exact) mass is 740 g/mol. The molecule has 53 heavy (non-hydrogen) atoms. The zero-order valence-corrected chi connectivity index (χ0v) is 31.7. The molecule has 1 aromatic rings. The number of amides is 6. The Morgan fingerprint density at radius 1 is 0.962 bits per heavy atom. The molecule has 3 aliphatic rings. The fraction of sp³-hybridized carbons (Fsp3) is 0.658. The number of carbonyl (C=O) groups excluding carboxylic acids is 7. The number of ether oxygens (including phenoxy) is 1. The number of fused-ring (bicyclic) bond motifs is 1. The summed E-state index contributed by atoms with van der Waals surface area (Å²) in [6.07, 6.45) is 2.78. The van der Waals surface area contributed by atoms with Gasteiger partial charge in [0.15, 0.2) is 0 Å². The second-order valence-electron chi connectivity index (χ2n) is 15.2. The van der Waals surface area contributed by atoms with Crippen molar-refractivity contribution in [1.29, 1.82) is 0 Å². The highest BCUT2D eigenvalue weighted by Gasteiger charge is 2.59. The Morgan fingerprint density at radius 3 is 2.23 bits per heavy atom. The third-order valence-corrected chi connectivity index (χ3v) is 10.7. The van der Waals surface area contributed by atoms with Crippen LogP contribution in [0.25, 0.3) is 0 Å². The number of nitrogens with one attached hydrogen (secondary N) is 4. The number of likely N-dealkylation sites (tertiary alicyclic amines) is 1. The Kier molecular flexibility index (Phi) is 14.0. The molecule has 15 heteroatoms. The molecule has 1 aromatic carbocycles. The van der Waals surface area contributed by atoms with Gasteiger partial charge in [0, 0.05) is 20.6 Å². The normalized spacial score (nSPS) is 22.3. The van der Waals surface area contributed by atoms with Gasteiger partial charge in [-0.25, -0.2) is 4.79 Å². The molecule has 0 unspecified atom stereocenters. The number of hydrogen-bond acceptors (Lipinski definition) is 9. The van der Waals surface area contributed by atoms with Crippen LogP contribution in [0.1, 0.15) is 90.7 Å². The topological polar surface area (TPSA) is 204 Å². The van der Waals surface area contributed by atoms with Crippen molar-refractivity contribution in [3.8, 4) is 0 Å². The van der Waals surface area contributed by atoms with Crippen LogP contribution in [0.15, 0.2) is 30.3 Å². The number of benzene rings is 1. The van der Waals surface area contributed by atoms with Crippen molar-refractivity contribution in [2.24, 2.45) is 17.8 Å². The lowest BCUT2D eigenvalue weighted by Gasteiger charge is -2.41. The van der Waals surface area contributed by atoms with Gasteiger partial charge in [-0.3, -0.25) is 28.8 Å². The highest BCUT2D eigenvalue weighted by molar-refractivity contribution is 6.38. The summed E-state index contributed by atoms with van der Waals surface area (Å²) in [4.78, 5) is 95.9. The van der Waals surface area contributed by atoms with Gasteiger partial charge in [0.05, 0.1) is 18.2 Å². The molecule has 1 heterocycles. The lowest BCUT2D eigenvalue weighted by Crippen LogP contribution is -2.64. The lowest BCUT2D eigenvalue weighted by molar-refractivity contribution is -0.149. The summed E-state index contributed by atoms with van der Waals surface area (Å²) < 4.78 is 5.49. The Balaban J connectivity index is 1.43. The molecule has 292 valence electrons. The molecule has 3 fully saturated rings. The minimum absolute atomic E-state index is 0.0233. The number of piperidine rings is 1. The number of Topliss-reactive ketones (excluding diaryl/α,β-unsaturated/α-hetero) is 1. The number of nitrogens with zero attached hydrogens (tertiary/aromatic N) is 2. The molecule has 6 amide bonds. The number of hydrogen-bond donors (Lipinski definition) is 5. The quantitative estimate of drug-likeness (QED) is 0.156. The SMILES string of the molecule is CCC[C@H](NC(=O)[C@@H]1[C@H]2C[C@H]2CN1C(=O)[C@@H](NC(=O)O[C@H](C)C(C)C)C1(O)CCCCC1)C(=O)C(=O)NCC(=O)N[C@H](C(=O)N(C)C)c1ccccc1. The van der Waals surface area contributed by atoms with Crippen LogP contribution in [0.4, 0.5) is 4.79 Å². The molecular weight excluding hydrogens is 684 g/mol. The standard InChI is InChI=1S/C38H56N6O9/c1-7-14-27(31(46)34(48)39-20-28(45)41-29(35(49)43(5)6)24-15-10-8-11-16-24)40-33(47)30-26-19-25(26)21-44(30)36(50)32(38(52)17-12-9-13-18-38)42-37(51)53-23(4)22(2)3/h8,10-11,15-16,22-23,25-27,29-30,32,52H,7,9,12-14,17-21H2,1-6H3,(H,39,48)(H,40,47)(H,41,45)(H,42,51)/t23-,25+,26+,27+,29+,30+,32-/m1/s1. The van der Waals surface area contributed by atoms with Gasteiger partial charge in [-0.1, -0.05) is 76.8 Å². The van der Waals surface area contributed by atoms with E-state index in [1.807, 2.05) is 13.8 Å². The first-order valence-corrected chi connectivity index (χ1v) is 18.8. The van der Waals surface area contributed by atoms with E-state index in [9.17, 15) is 38.7 Å². The van der Waals surface area contributed by atoms with Crippen LogP contribution in [0, 0.1) is 17.8 Å². The number of aliphatic hydroxyl groups is 1. The number of likely N-dealkylation sites (N-methyl/N-ethyl adjacent to an activating group) is 1. The van der Waals surface area contributed by atoms with E-state index in [0.29, 0.717) is 44.1 Å². The summed E-state index contributed by atoms with van der Waals surface area (Å²) in [5, 5.41) is 21.9. The van der Waals surface area contributed by atoms with Crippen LogP contribution in [0.3, 0.4) is 0 Å². The zero-order chi connectivity index (χ0) is 39.0. The van der Waals surface area contributed by atoms with Crippen LogP contribution >= 0.6 is 0 Å². The van der Waals surface area contributed by atoms with Crippen molar-refractivity contribution in [3.63, 3.8) is 0 Å². The molecule has 1 saturated heterocycles. The van der Waals surface area contributed by atoms with Crippen LogP contribution in [0.2, 0.25) is 0 Å². The molecule has 4 rings (SSSR count). The maximum atomic E-state index is 14.3. The van der Waals surface area contributed by atoms with E-state index in [1.165, 1.54) is 9.80 Å². The molecule has 5 N–H and O–H groups in total. The summed E-state index contributed by atoms with van der Waals surface area (Å²) in [6, 6.07) is 4.04. The zero-order valence-electron chi connectivity index (χ0n) is 31.7. The van der Waals surface area contributed by atoms with Crippen molar-refractivity contribution in [2.45, 2.75) is 115 Å². The Bertz CT molecular complexity index is 1510. The second-order valence-corrected chi connectivity index (χ2v) is 15.2. The van der Waals surface area contributed by atoms with Crippen molar-refractivity contribution in [1.82, 2.24) is 31.1 Å². The molecule has 0 aromatic heterocycles. The number of alkyl carbamates (subject to hydrolysis) is 1. The minimum Gasteiger partial charge on any atom is -0.446 e. The van der Waals surface area contributed by atoms with Gasteiger partial charge >= 0.3 is 6.09 Å². The third kappa shape index (κ3) is 10.3. The molecule has 1 aliphatic heterocycles. The Labute approximate surface area is 311 Å². The highest BCUT2D eigenvalue weighted by Crippen LogP contribution is 2.50. The first kappa shape index (κ1) is 41.2. The van der Waals surface area contributed by atoms with Crippen molar-refractivity contribution < 1.29 is 43.4 Å². The van der Waals surface area contributed by atoms with Gasteiger partial charge in [0.2, 0.25) is 29.4 Å². The van der Waals surface area contributed by atoms with Crippen LogP contribution in [-0.4, -0.2) is 113 Å². The molecule has 0 spiro atoms. The molecule has 0 bridgehead atoms. The van der Waals surface area contributed by atoms with E-state index in [4.69, 9.17) is 4.74 Å². The van der Waals surface area contributed by atoms with Gasteiger partial charge in [-0.05, 0) is 55.9 Å². The number of carbonyl (C=O) groups is 7. The summed E-state index contributed by atoms with van der Waals surface area (Å²) in [7, 11) is 3.11. The Hall–Kier alpha value is -4.53. The third-order valence-electron chi connectivity index (χ3n) is 10.7. The molecule has 2 saturated carbocycles. The van der Waals surface area contributed by atoms with E-state index >= 15 is 0 Å². The lowest BCUT2D eigenvalue weighted by atomic mass is 9.78. The first-order chi connectivity index (χ1) is 25.1. The predicted molar refractivity (Wildman–Crippen MR) is 194 cm³/mol. The number of ketones is 1. The smallest absolute Gasteiger partial charge is 0.408 e. The molecule has 15 nitrogen and oxygen atoms in total. The van der Waals surface area contributed by atoms with Gasteiger partial charge in [-0.15, -0.1) is 0 Å². The largest absolute Gasteiger partial charge is 0.446 e. The van der Waals surface area contributed by atoms with Gasteiger partial charge in [0.1, 0.15) is 24.2 Å². The van der Waals surface area contributed by atoms with E-state index < -0.39 is 77.9 Å². The fourth-order valence-electron chi connectivity index (χ4n) is 7.15. The van der Waals surface area contributed by atoms with E-state index in [2.05, 4.69) is 21.3 Å².